The molecule has 2 aliphatic heterocycles. The zero-order chi connectivity index (χ0) is 17.9. The van der Waals surface area contributed by atoms with Crippen molar-refractivity contribution in [3.63, 3.8) is 0 Å². The maximum atomic E-state index is 13.4. The SMILES string of the molecule is C=CCNC(=NCC1CCS(=O)(=O)C1)N1CCc2cc(F)ccc2C1.I. The summed E-state index contributed by atoms with van der Waals surface area (Å²) in [5.74, 6) is 1.16. The van der Waals surface area contributed by atoms with E-state index < -0.39 is 9.84 Å². The lowest BCUT2D eigenvalue weighted by molar-refractivity contribution is 0.377. The number of halogens is 2. The summed E-state index contributed by atoms with van der Waals surface area (Å²) in [5.41, 5.74) is 2.14. The molecule has 2 heterocycles. The lowest BCUT2D eigenvalue weighted by atomic mass is 10.00. The average molecular weight is 493 g/mol. The number of fused-ring (bicyclic) bond motifs is 1. The molecule has 1 aromatic rings. The fourth-order valence-electron chi connectivity index (χ4n) is 3.37. The maximum absolute atomic E-state index is 13.4. The van der Waals surface area contributed by atoms with Gasteiger partial charge in [0.05, 0.1) is 11.5 Å². The first-order valence-corrected chi connectivity index (χ1v) is 10.4. The summed E-state index contributed by atoms with van der Waals surface area (Å²) in [4.78, 5) is 6.80. The first-order valence-electron chi connectivity index (χ1n) is 8.59. The molecular weight excluding hydrogens is 468 g/mol. The molecule has 8 heteroatoms. The van der Waals surface area contributed by atoms with Crippen molar-refractivity contribution in [3.05, 3.63) is 47.8 Å². The third-order valence-electron chi connectivity index (χ3n) is 4.71. The molecule has 144 valence electrons. The number of hydrogen-bond acceptors (Lipinski definition) is 3. The van der Waals surface area contributed by atoms with Crippen LogP contribution in [0.5, 0.6) is 0 Å². The van der Waals surface area contributed by atoms with Gasteiger partial charge in [0.1, 0.15) is 5.82 Å². The van der Waals surface area contributed by atoms with Gasteiger partial charge in [-0.25, -0.2) is 12.8 Å². The Kier molecular flexibility index (Phi) is 7.45. The van der Waals surface area contributed by atoms with E-state index in [0.29, 0.717) is 26.1 Å². The lowest BCUT2D eigenvalue weighted by Gasteiger charge is -2.32. The molecule has 3 rings (SSSR count). The van der Waals surface area contributed by atoms with Crippen molar-refractivity contribution in [2.75, 3.05) is 31.1 Å². The zero-order valence-electron chi connectivity index (χ0n) is 14.7. The largest absolute Gasteiger partial charge is 0.353 e. The van der Waals surface area contributed by atoms with Crippen LogP contribution in [-0.2, 0) is 22.8 Å². The van der Waals surface area contributed by atoms with E-state index in [1.165, 1.54) is 6.07 Å². The number of nitrogens with zero attached hydrogens (tertiary/aromatic N) is 2. The van der Waals surface area contributed by atoms with E-state index in [2.05, 4.69) is 21.8 Å². The van der Waals surface area contributed by atoms with Crippen molar-refractivity contribution in [3.8, 4) is 0 Å². The predicted octanol–water partition coefficient (Wildman–Crippen LogP) is 2.37. The van der Waals surface area contributed by atoms with Gasteiger partial charge in [0, 0.05) is 26.2 Å². The van der Waals surface area contributed by atoms with E-state index in [-0.39, 0.29) is 47.2 Å². The number of benzene rings is 1. The highest BCUT2D eigenvalue weighted by Gasteiger charge is 2.28. The minimum atomic E-state index is -2.88. The molecule has 1 aromatic carbocycles. The highest BCUT2D eigenvalue weighted by Crippen LogP contribution is 2.21. The Labute approximate surface area is 171 Å². The van der Waals surface area contributed by atoms with Gasteiger partial charge in [-0.2, -0.15) is 0 Å². The molecular formula is C18H25FIN3O2S. The lowest BCUT2D eigenvalue weighted by Crippen LogP contribution is -2.44. The molecule has 0 saturated carbocycles. The van der Waals surface area contributed by atoms with Crippen LogP contribution in [-0.4, -0.2) is 50.4 Å². The minimum absolute atomic E-state index is 0. The maximum Gasteiger partial charge on any atom is 0.194 e. The van der Waals surface area contributed by atoms with Crippen molar-refractivity contribution in [1.82, 2.24) is 10.2 Å². The second kappa shape index (κ2) is 9.16. The Balaban J connectivity index is 0.00000243. The van der Waals surface area contributed by atoms with Crippen LogP contribution in [0.25, 0.3) is 0 Å². The van der Waals surface area contributed by atoms with E-state index in [4.69, 9.17) is 0 Å². The van der Waals surface area contributed by atoms with E-state index in [0.717, 1.165) is 30.1 Å². The summed E-state index contributed by atoms with van der Waals surface area (Å²) in [5, 5.41) is 3.26. The number of rotatable bonds is 4. The molecule has 0 aliphatic carbocycles. The summed E-state index contributed by atoms with van der Waals surface area (Å²) in [6.45, 7) is 6.24. The third-order valence-corrected chi connectivity index (χ3v) is 6.55. The quantitative estimate of drug-likeness (QED) is 0.303. The van der Waals surface area contributed by atoms with Crippen LogP contribution >= 0.6 is 24.0 Å². The number of sulfone groups is 1. The molecule has 2 aliphatic rings. The Morgan fingerprint density at radius 2 is 2.23 bits per heavy atom. The molecule has 1 unspecified atom stereocenters. The Hall–Kier alpha value is -1.16. The Bertz CT molecular complexity index is 783. The van der Waals surface area contributed by atoms with Gasteiger partial charge in [-0.05, 0) is 42.0 Å². The second-order valence-electron chi connectivity index (χ2n) is 6.69. The number of nitrogens with one attached hydrogen (secondary N) is 1. The molecule has 1 fully saturated rings. The van der Waals surface area contributed by atoms with Crippen LogP contribution in [0.1, 0.15) is 17.5 Å². The van der Waals surface area contributed by atoms with Crippen LogP contribution in [0.4, 0.5) is 4.39 Å². The van der Waals surface area contributed by atoms with Crippen molar-refractivity contribution in [2.45, 2.75) is 19.4 Å². The third kappa shape index (κ3) is 5.42. The summed E-state index contributed by atoms with van der Waals surface area (Å²) in [6, 6.07) is 4.91. The summed E-state index contributed by atoms with van der Waals surface area (Å²) < 4.78 is 36.6. The van der Waals surface area contributed by atoms with Crippen molar-refractivity contribution in [2.24, 2.45) is 10.9 Å². The predicted molar refractivity (Wildman–Crippen MR) is 113 cm³/mol. The molecule has 1 N–H and O–H groups in total. The highest BCUT2D eigenvalue weighted by atomic mass is 127. The minimum Gasteiger partial charge on any atom is -0.353 e. The number of guanidine groups is 1. The van der Waals surface area contributed by atoms with E-state index in [9.17, 15) is 12.8 Å². The van der Waals surface area contributed by atoms with Crippen LogP contribution < -0.4 is 5.32 Å². The zero-order valence-corrected chi connectivity index (χ0v) is 17.8. The summed E-state index contributed by atoms with van der Waals surface area (Å²) >= 11 is 0. The van der Waals surface area contributed by atoms with Crippen LogP contribution in [0.15, 0.2) is 35.8 Å². The number of aliphatic imine (C=N–C) groups is 1. The van der Waals surface area contributed by atoms with Crippen LogP contribution in [0.3, 0.4) is 0 Å². The molecule has 0 amide bonds. The van der Waals surface area contributed by atoms with Gasteiger partial charge in [-0.15, -0.1) is 30.6 Å². The Morgan fingerprint density at radius 3 is 2.92 bits per heavy atom. The van der Waals surface area contributed by atoms with Gasteiger partial charge < -0.3 is 10.2 Å². The summed E-state index contributed by atoms with van der Waals surface area (Å²) in [7, 11) is -2.88. The Morgan fingerprint density at radius 1 is 1.42 bits per heavy atom. The normalized spacial score (nSPS) is 21.7. The second-order valence-corrected chi connectivity index (χ2v) is 8.92. The topological polar surface area (TPSA) is 61.8 Å². The van der Waals surface area contributed by atoms with Gasteiger partial charge in [0.25, 0.3) is 0 Å². The standard InChI is InChI=1S/C18H24FN3O2S.HI/c1-2-7-20-18(21-11-14-6-9-25(23,24)13-14)22-8-5-15-10-17(19)4-3-16(15)12-22;/h2-4,10,14H,1,5-9,11-13H2,(H,20,21);1H. The van der Waals surface area contributed by atoms with Crippen LogP contribution in [0.2, 0.25) is 0 Å². The molecule has 0 bridgehead atoms. The van der Waals surface area contributed by atoms with Gasteiger partial charge in [-0.1, -0.05) is 12.1 Å². The van der Waals surface area contributed by atoms with Gasteiger partial charge in [-0.3, -0.25) is 4.99 Å². The first kappa shape index (κ1) is 21.1. The van der Waals surface area contributed by atoms with Gasteiger partial charge in [0.2, 0.25) is 0 Å². The fraction of sp³-hybridized carbons (Fsp3) is 0.500. The van der Waals surface area contributed by atoms with E-state index >= 15 is 0 Å². The molecule has 0 radical (unpaired) electrons. The van der Waals surface area contributed by atoms with Crippen molar-refractivity contribution >= 4 is 39.8 Å². The molecule has 0 aromatic heterocycles. The number of hydrogen-bond donors (Lipinski definition) is 1. The molecule has 1 atom stereocenters. The molecule has 0 spiro atoms. The first-order chi connectivity index (χ1) is 12.0. The van der Waals surface area contributed by atoms with E-state index in [1.54, 1.807) is 12.1 Å². The average Bonchev–Trinajstić information content (AvgIpc) is 2.93. The fourth-order valence-corrected chi connectivity index (χ4v) is 5.21. The molecule has 26 heavy (non-hydrogen) atoms. The smallest absolute Gasteiger partial charge is 0.194 e. The van der Waals surface area contributed by atoms with Crippen molar-refractivity contribution in [1.29, 1.82) is 0 Å². The van der Waals surface area contributed by atoms with E-state index in [1.807, 2.05) is 6.07 Å². The van der Waals surface area contributed by atoms with Crippen LogP contribution in [0, 0.1) is 11.7 Å². The van der Waals surface area contributed by atoms with Crippen molar-refractivity contribution < 1.29 is 12.8 Å². The van der Waals surface area contributed by atoms with Gasteiger partial charge in [0.15, 0.2) is 15.8 Å². The molecule has 1 saturated heterocycles. The highest BCUT2D eigenvalue weighted by molar-refractivity contribution is 14.0. The monoisotopic (exact) mass is 493 g/mol. The van der Waals surface area contributed by atoms with Gasteiger partial charge >= 0.3 is 0 Å². The summed E-state index contributed by atoms with van der Waals surface area (Å²) in [6.07, 6.45) is 3.21. The molecule has 5 nitrogen and oxygen atoms in total.